The van der Waals surface area contributed by atoms with Crippen molar-refractivity contribution in [3.05, 3.63) is 114 Å². The minimum atomic E-state index is -0.498. The second-order valence-electron chi connectivity index (χ2n) is 18.0. The van der Waals surface area contributed by atoms with E-state index in [1.165, 1.54) is 0 Å². The third-order valence-corrected chi connectivity index (χ3v) is 12.9. The first-order valence-corrected chi connectivity index (χ1v) is 20.7. The SMILES string of the molecule is Brc1nc2ccccc2n1-c1ccccc1.CC1(C)OB(B2OC(C)(C)C(C)(C)O2)OC1(C)C.CC1(C)OB(c2nc3ccccc3n2-c2ccccc2)OC1(C)C. The summed E-state index contributed by atoms with van der Waals surface area (Å²) in [5, 5.41) is 0. The van der Waals surface area contributed by atoms with Crippen LogP contribution in [0.5, 0.6) is 0 Å². The number of hydrogen-bond acceptors (Lipinski definition) is 8. The van der Waals surface area contributed by atoms with Gasteiger partial charge in [-0.05, 0) is 148 Å². The van der Waals surface area contributed by atoms with Gasteiger partial charge in [-0.3, -0.25) is 9.13 Å². The molecule has 0 bridgehead atoms. The molecule has 2 aromatic heterocycles. The molecule has 0 radical (unpaired) electrons. The molecule has 0 spiro atoms. The Balaban J connectivity index is 0.000000136. The van der Waals surface area contributed by atoms with Gasteiger partial charge in [0.05, 0.1) is 55.7 Å². The Morgan fingerprint density at radius 3 is 1.17 bits per heavy atom. The van der Waals surface area contributed by atoms with Crippen molar-refractivity contribution in [3.63, 3.8) is 0 Å². The predicted octanol–water partition coefficient (Wildman–Crippen LogP) is 9.36. The molecule has 302 valence electrons. The summed E-state index contributed by atoms with van der Waals surface area (Å²) in [6.45, 7) is 24.4. The van der Waals surface area contributed by atoms with Crippen LogP contribution in [0.25, 0.3) is 33.4 Å². The van der Waals surface area contributed by atoms with Crippen LogP contribution in [0.4, 0.5) is 0 Å². The van der Waals surface area contributed by atoms with Crippen LogP contribution in [0.2, 0.25) is 0 Å². The molecular weight excluding hydrogens is 793 g/mol. The fraction of sp³-hybridized carbons (Fsp3) is 0.409. The van der Waals surface area contributed by atoms with Gasteiger partial charge in [0.15, 0.2) is 4.73 Å². The van der Waals surface area contributed by atoms with Crippen molar-refractivity contribution in [2.75, 3.05) is 0 Å². The first kappa shape index (κ1) is 42.4. The number of rotatable bonds is 4. The van der Waals surface area contributed by atoms with Crippen molar-refractivity contribution in [2.45, 2.75) is 117 Å². The van der Waals surface area contributed by atoms with Gasteiger partial charge >= 0.3 is 21.1 Å². The minimum Gasteiger partial charge on any atom is -0.405 e. The molecule has 3 aliphatic heterocycles. The molecule has 4 aromatic carbocycles. The molecule has 0 unspecified atom stereocenters. The number of fused-ring (bicyclic) bond motifs is 2. The van der Waals surface area contributed by atoms with Crippen LogP contribution in [-0.4, -0.2) is 73.8 Å². The Kier molecular flexibility index (Phi) is 11.2. The zero-order valence-electron chi connectivity index (χ0n) is 35.7. The highest BCUT2D eigenvalue weighted by Gasteiger charge is 2.63. The molecular formula is C44H54B3BrN4O6. The fourth-order valence-electron chi connectivity index (χ4n) is 6.82. The molecule has 6 aromatic rings. The summed E-state index contributed by atoms with van der Waals surface area (Å²) in [7, 11) is -1.45. The number of nitrogens with zero attached hydrogens (tertiary/aromatic N) is 4. The summed E-state index contributed by atoms with van der Waals surface area (Å²) in [6.07, 6.45) is 0. The highest BCUT2D eigenvalue weighted by Crippen LogP contribution is 2.43. The molecule has 0 N–H and O–H groups in total. The van der Waals surface area contributed by atoms with Gasteiger partial charge in [0.1, 0.15) is 5.72 Å². The van der Waals surface area contributed by atoms with Crippen LogP contribution in [0.3, 0.4) is 0 Å². The van der Waals surface area contributed by atoms with E-state index >= 15 is 0 Å². The monoisotopic (exact) mass is 846 g/mol. The third kappa shape index (κ3) is 7.97. The van der Waals surface area contributed by atoms with Crippen molar-refractivity contribution >= 4 is 64.9 Å². The van der Waals surface area contributed by atoms with Crippen LogP contribution in [0.15, 0.2) is 114 Å². The number of aromatic nitrogens is 4. The van der Waals surface area contributed by atoms with Gasteiger partial charge in [-0.15, -0.1) is 0 Å². The second-order valence-corrected chi connectivity index (χ2v) is 18.7. The van der Waals surface area contributed by atoms with Crippen molar-refractivity contribution in [1.29, 1.82) is 0 Å². The topological polar surface area (TPSA) is 91.0 Å². The second kappa shape index (κ2) is 15.4. The Morgan fingerprint density at radius 2 is 0.741 bits per heavy atom. The average Bonchev–Trinajstić information content (AvgIpc) is 3.88. The van der Waals surface area contributed by atoms with Gasteiger partial charge in [-0.2, -0.15) is 0 Å². The number of halogens is 1. The highest BCUT2D eigenvalue weighted by atomic mass is 79.9. The summed E-state index contributed by atoms with van der Waals surface area (Å²) in [5.74, 6) is 0. The lowest BCUT2D eigenvalue weighted by molar-refractivity contribution is 0.00578. The number of para-hydroxylation sites is 6. The average molecular weight is 847 g/mol. The van der Waals surface area contributed by atoms with Crippen LogP contribution in [0.1, 0.15) is 83.1 Å². The van der Waals surface area contributed by atoms with Crippen LogP contribution < -0.4 is 5.72 Å². The lowest BCUT2D eigenvalue weighted by Gasteiger charge is -2.32. The largest absolute Gasteiger partial charge is 0.533 e. The van der Waals surface area contributed by atoms with Crippen molar-refractivity contribution in [3.8, 4) is 11.4 Å². The maximum atomic E-state index is 6.24. The quantitative estimate of drug-likeness (QED) is 0.162. The highest BCUT2D eigenvalue weighted by molar-refractivity contribution is 9.10. The summed E-state index contributed by atoms with van der Waals surface area (Å²) >= 11 is 3.50. The fourth-order valence-corrected chi connectivity index (χ4v) is 7.41. The van der Waals surface area contributed by atoms with E-state index in [0.29, 0.717) is 0 Å². The van der Waals surface area contributed by atoms with E-state index in [2.05, 4.69) is 94.1 Å². The van der Waals surface area contributed by atoms with E-state index in [0.717, 1.165) is 43.9 Å². The summed E-state index contributed by atoms with van der Waals surface area (Å²) in [6, 6.07) is 36.6. The van der Waals surface area contributed by atoms with E-state index in [9.17, 15) is 0 Å². The van der Waals surface area contributed by atoms with E-state index in [-0.39, 0.29) is 22.4 Å². The molecule has 0 amide bonds. The molecule has 14 heteroatoms. The molecule has 3 fully saturated rings. The first-order valence-electron chi connectivity index (χ1n) is 19.9. The van der Waals surface area contributed by atoms with Crippen LogP contribution in [0, 0.1) is 0 Å². The van der Waals surface area contributed by atoms with Gasteiger partial charge in [-0.25, -0.2) is 9.97 Å². The molecule has 0 atom stereocenters. The lowest BCUT2D eigenvalue weighted by atomic mass is 9.49. The molecule has 3 saturated heterocycles. The van der Waals surface area contributed by atoms with Crippen LogP contribution >= 0.6 is 15.9 Å². The predicted molar refractivity (Wildman–Crippen MR) is 238 cm³/mol. The molecule has 0 saturated carbocycles. The molecule has 5 heterocycles. The van der Waals surface area contributed by atoms with Crippen molar-refractivity contribution < 1.29 is 27.9 Å². The zero-order valence-corrected chi connectivity index (χ0v) is 37.3. The summed E-state index contributed by atoms with van der Waals surface area (Å²) < 4.78 is 41.4. The molecule has 58 heavy (non-hydrogen) atoms. The number of imidazole rings is 2. The molecule has 3 aliphatic rings. The number of benzene rings is 4. The Labute approximate surface area is 352 Å². The molecule has 10 nitrogen and oxygen atoms in total. The summed E-state index contributed by atoms with van der Waals surface area (Å²) in [4.78, 5) is 9.28. The zero-order chi connectivity index (χ0) is 41.9. The third-order valence-electron chi connectivity index (χ3n) is 12.4. The first-order chi connectivity index (χ1) is 27.1. The summed E-state index contributed by atoms with van der Waals surface area (Å²) in [5.41, 5.74) is 4.82. The van der Waals surface area contributed by atoms with Gasteiger partial charge in [0, 0.05) is 11.4 Å². The van der Waals surface area contributed by atoms with Crippen molar-refractivity contribution in [1.82, 2.24) is 19.1 Å². The maximum absolute atomic E-state index is 6.24. The Hall–Kier alpha value is -3.75. The van der Waals surface area contributed by atoms with Crippen LogP contribution in [-0.2, 0) is 27.9 Å². The van der Waals surface area contributed by atoms with Crippen molar-refractivity contribution in [2.24, 2.45) is 0 Å². The maximum Gasteiger partial charge on any atom is 0.533 e. The van der Waals surface area contributed by atoms with Gasteiger partial charge < -0.3 is 27.9 Å². The standard InChI is InChI=1S/C19H21BN2O2.C13H9BrN2.C12H24B2O4/c1-18(2)19(3,4)24-20(23-18)17-21-15-12-8-9-13-16(15)22(17)14-10-6-5-7-11-14;14-13-15-11-8-4-5-9-12(11)16(13)10-6-2-1-3-7-10;1-9(2)10(3,4)16-13(15-9)14-17-11(5,6)12(7,8)18-14/h5-13H,1-4H3;1-9H;1-8H3. The van der Waals surface area contributed by atoms with E-state index in [1.807, 2.05) is 128 Å². The Morgan fingerprint density at radius 1 is 0.414 bits per heavy atom. The van der Waals surface area contributed by atoms with E-state index in [1.54, 1.807) is 0 Å². The smallest absolute Gasteiger partial charge is 0.405 e. The van der Waals surface area contributed by atoms with E-state index < -0.39 is 32.3 Å². The molecule has 9 rings (SSSR count). The van der Waals surface area contributed by atoms with E-state index in [4.69, 9.17) is 32.9 Å². The number of hydrogen-bond donors (Lipinski definition) is 0. The normalized spacial score (nSPS) is 20.8. The Bertz CT molecular complexity index is 2300. The van der Waals surface area contributed by atoms with Gasteiger partial charge in [-0.1, -0.05) is 60.7 Å². The lowest BCUT2D eigenvalue weighted by Crippen LogP contribution is -2.41. The minimum absolute atomic E-state index is 0.360. The molecule has 0 aliphatic carbocycles. The van der Waals surface area contributed by atoms with Gasteiger partial charge in [0.2, 0.25) is 0 Å². The van der Waals surface area contributed by atoms with Gasteiger partial charge in [0.25, 0.3) is 0 Å².